The lowest BCUT2D eigenvalue weighted by atomic mass is 9.99. The number of aromatic amines is 1. The number of halogens is 3. The fourth-order valence-corrected chi connectivity index (χ4v) is 3.03. The van der Waals surface area contributed by atoms with Gasteiger partial charge in [-0.1, -0.05) is 0 Å². The lowest BCUT2D eigenvalue weighted by Gasteiger charge is -2.11. The fourth-order valence-electron chi connectivity index (χ4n) is 3.03. The quantitative estimate of drug-likeness (QED) is 0.598. The Labute approximate surface area is 159 Å². The minimum atomic E-state index is -4.79. The van der Waals surface area contributed by atoms with Crippen LogP contribution in [0.5, 0.6) is 17.2 Å². The summed E-state index contributed by atoms with van der Waals surface area (Å²) in [5.41, 5.74) is 1.60. The Kier molecular flexibility index (Phi) is 5.22. The number of aryl methyl sites for hydroxylation is 1. The van der Waals surface area contributed by atoms with Gasteiger partial charge in [0.2, 0.25) is 0 Å². The number of ether oxygens (including phenoxy) is 3. The number of benzene rings is 2. The van der Waals surface area contributed by atoms with Gasteiger partial charge in [0.05, 0.1) is 30.4 Å². The summed E-state index contributed by atoms with van der Waals surface area (Å²) in [6.45, 7) is 3.84. The van der Waals surface area contributed by atoms with Gasteiger partial charge in [-0.2, -0.15) is 0 Å². The van der Waals surface area contributed by atoms with Crippen molar-refractivity contribution in [2.45, 2.75) is 20.2 Å². The van der Waals surface area contributed by atoms with E-state index in [4.69, 9.17) is 9.47 Å². The molecule has 0 saturated heterocycles. The smallest absolute Gasteiger partial charge is 0.497 e. The number of hydrogen-bond donors (Lipinski definition) is 1. The predicted octanol–water partition coefficient (Wildman–Crippen LogP) is 5.01. The monoisotopic (exact) mass is 393 g/mol. The van der Waals surface area contributed by atoms with Crippen molar-refractivity contribution in [3.05, 3.63) is 53.2 Å². The van der Waals surface area contributed by atoms with E-state index in [1.54, 1.807) is 32.0 Å². The first-order valence-electron chi connectivity index (χ1n) is 8.47. The Morgan fingerprint density at radius 3 is 2.46 bits per heavy atom. The summed E-state index contributed by atoms with van der Waals surface area (Å²) in [5.74, 6) is 0.251. The lowest BCUT2D eigenvalue weighted by molar-refractivity contribution is -0.274. The largest absolute Gasteiger partial charge is 0.573 e. The summed E-state index contributed by atoms with van der Waals surface area (Å²) < 4.78 is 52.0. The number of fused-ring (bicyclic) bond motifs is 1. The molecule has 1 aromatic heterocycles. The standard InChI is InChI=1S/C20H18F3NO4/c1-4-27-17-10-12(26-3)5-8-15(17)19(25)18-11(2)24-16-9-13(6-7-14(16)18)28-20(21,22)23/h5-10,24H,4H2,1-3H3. The number of H-pyrrole nitrogens is 1. The topological polar surface area (TPSA) is 60.5 Å². The number of alkyl halides is 3. The van der Waals surface area contributed by atoms with Crippen LogP contribution < -0.4 is 14.2 Å². The molecule has 0 amide bonds. The molecular formula is C20H18F3NO4. The van der Waals surface area contributed by atoms with Crippen LogP contribution in [0.3, 0.4) is 0 Å². The molecule has 0 spiro atoms. The SMILES string of the molecule is CCOc1cc(OC)ccc1C(=O)c1c(C)[nH]c2cc(OC(F)(F)F)ccc12. The summed E-state index contributed by atoms with van der Waals surface area (Å²) in [7, 11) is 1.51. The molecule has 8 heteroatoms. The summed E-state index contributed by atoms with van der Waals surface area (Å²) in [6, 6.07) is 8.69. The highest BCUT2D eigenvalue weighted by Crippen LogP contribution is 2.33. The molecule has 3 rings (SSSR count). The third kappa shape index (κ3) is 3.90. The molecule has 0 unspecified atom stereocenters. The van der Waals surface area contributed by atoms with Crippen molar-refractivity contribution < 1.29 is 32.2 Å². The Morgan fingerprint density at radius 1 is 1.11 bits per heavy atom. The average Bonchev–Trinajstić information content (AvgIpc) is 2.95. The molecule has 0 saturated carbocycles. The number of aromatic nitrogens is 1. The molecule has 0 aliphatic carbocycles. The first kappa shape index (κ1) is 19.6. The van der Waals surface area contributed by atoms with E-state index >= 15 is 0 Å². The fraction of sp³-hybridized carbons (Fsp3) is 0.250. The Bertz CT molecular complexity index is 1020. The molecule has 148 valence electrons. The third-order valence-corrected chi connectivity index (χ3v) is 4.15. The van der Waals surface area contributed by atoms with Crippen LogP contribution in [-0.4, -0.2) is 30.8 Å². The van der Waals surface area contributed by atoms with Crippen molar-refractivity contribution >= 4 is 16.7 Å². The van der Waals surface area contributed by atoms with Crippen LogP contribution in [-0.2, 0) is 0 Å². The van der Waals surface area contributed by atoms with Crippen molar-refractivity contribution in [3.8, 4) is 17.2 Å². The van der Waals surface area contributed by atoms with Gasteiger partial charge in [0.1, 0.15) is 17.2 Å². The van der Waals surface area contributed by atoms with Crippen LogP contribution >= 0.6 is 0 Å². The second-order valence-electron chi connectivity index (χ2n) is 6.00. The molecule has 3 aromatic rings. The number of nitrogens with one attached hydrogen (secondary N) is 1. The Hall–Kier alpha value is -3.16. The van der Waals surface area contributed by atoms with Gasteiger partial charge in [-0.05, 0) is 38.1 Å². The number of methoxy groups -OCH3 is 1. The maximum atomic E-state index is 13.2. The number of hydrogen-bond acceptors (Lipinski definition) is 4. The second kappa shape index (κ2) is 7.46. The van der Waals surface area contributed by atoms with Crippen molar-refractivity contribution in [1.29, 1.82) is 0 Å². The zero-order valence-electron chi connectivity index (χ0n) is 15.4. The molecular weight excluding hydrogens is 375 g/mol. The third-order valence-electron chi connectivity index (χ3n) is 4.15. The maximum absolute atomic E-state index is 13.2. The van der Waals surface area contributed by atoms with E-state index in [0.717, 1.165) is 0 Å². The van der Waals surface area contributed by atoms with Gasteiger partial charge in [0.15, 0.2) is 5.78 Å². The molecule has 1 N–H and O–H groups in total. The van der Waals surface area contributed by atoms with Gasteiger partial charge in [-0.25, -0.2) is 0 Å². The predicted molar refractivity (Wildman–Crippen MR) is 97.3 cm³/mol. The summed E-state index contributed by atoms with van der Waals surface area (Å²) in [5, 5.41) is 0.496. The van der Waals surface area contributed by atoms with Gasteiger partial charge in [0.25, 0.3) is 0 Å². The molecule has 2 aromatic carbocycles. The molecule has 0 aliphatic heterocycles. The average molecular weight is 393 g/mol. The molecule has 1 heterocycles. The first-order chi connectivity index (χ1) is 13.2. The highest BCUT2D eigenvalue weighted by atomic mass is 19.4. The zero-order valence-corrected chi connectivity index (χ0v) is 15.4. The van der Waals surface area contributed by atoms with E-state index in [2.05, 4.69) is 9.72 Å². The number of ketones is 1. The molecule has 0 atom stereocenters. The zero-order chi connectivity index (χ0) is 20.5. The van der Waals surface area contributed by atoms with Crippen LogP contribution in [0.15, 0.2) is 36.4 Å². The van der Waals surface area contributed by atoms with Gasteiger partial charge < -0.3 is 19.2 Å². The highest BCUT2D eigenvalue weighted by Gasteiger charge is 2.31. The summed E-state index contributed by atoms with van der Waals surface area (Å²) in [4.78, 5) is 16.1. The molecule has 0 aliphatic rings. The van der Waals surface area contributed by atoms with Gasteiger partial charge in [-0.15, -0.1) is 13.2 Å². The van der Waals surface area contributed by atoms with Crippen molar-refractivity contribution in [2.75, 3.05) is 13.7 Å². The van der Waals surface area contributed by atoms with Gasteiger partial charge in [0, 0.05) is 23.2 Å². The molecule has 5 nitrogen and oxygen atoms in total. The second-order valence-corrected chi connectivity index (χ2v) is 6.00. The van der Waals surface area contributed by atoms with Gasteiger partial charge in [-0.3, -0.25) is 4.79 Å². The molecule has 0 fully saturated rings. The minimum absolute atomic E-state index is 0.306. The Morgan fingerprint density at radius 2 is 1.82 bits per heavy atom. The van der Waals surface area contributed by atoms with Crippen molar-refractivity contribution in [3.63, 3.8) is 0 Å². The number of carbonyl (C=O) groups is 1. The summed E-state index contributed by atoms with van der Waals surface area (Å²) in [6.07, 6.45) is -4.79. The van der Waals surface area contributed by atoms with E-state index in [1.165, 1.54) is 25.3 Å². The van der Waals surface area contributed by atoms with E-state index in [-0.39, 0.29) is 11.5 Å². The van der Waals surface area contributed by atoms with E-state index < -0.39 is 6.36 Å². The first-order valence-corrected chi connectivity index (χ1v) is 8.47. The summed E-state index contributed by atoms with van der Waals surface area (Å²) >= 11 is 0. The number of rotatable bonds is 6. The molecule has 28 heavy (non-hydrogen) atoms. The van der Waals surface area contributed by atoms with Crippen LogP contribution in [0.4, 0.5) is 13.2 Å². The molecule has 0 radical (unpaired) electrons. The lowest BCUT2D eigenvalue weighted by Crippen LogP contribution is -2.17. The van der Waals surface area contributed by atoms with E-state index in [1.807, 2.05) is 0 Å². The highest BCUT2D eigenvalue weighted by molar-refractivity contribution is 6.18. The van der Waals surface area contributed by atoms with Crippen LogP contribution in [0.1, 0.15) is 28.5 Å². The van der Waals surface area contributed by atoms with Gasteiger partial charge >= 0.3 is 6.36 Å². The van der Waals surface area contributed by atoms with Crippen LogP contribution in [0, 0.1) is 6.92 Å². The van der Waals surface area contributed by atoms with E-state index in [9.17, 15) is 18.0 Å². The van der Waals surface area contributed by atoms with Crippen LogP contribution in [0.25, 0.3) is 10.9 Å². The molecule has 0 bridgehead atoms. The van der Waals surface area contributed by atoms with Crippen LogP contribution in [0.2, 0.25) is 0 Å². The minimum Gasteiger partial charge on any atom is -0.497 e. The van der Waals surface area contributed by atoms with Crippen molar-refractivity contribution in [1.82, 2.24) is 4.98 Å². The maximum Gasteiger partial charge on any atom is 0.573 e. The normalized spacial score (nSPS) is 11.5. The van der Waals surface area contributed by atoms with E-state index in [0.29, 0.717) is 45.8 Å². The van der Waals surface area contributed by atoms with Crippen molar-refractivity contribution in [2.24, 2.45) is 0 Å². The number of carbonyl (C=O) groups excluding carboxylic acids is 1. The Balaban J connectivity index is 2.06.